The van der Waals surface area contributed by atoms with Gasteiger partial charge in [0.15, 0.2) is 11.8 Å². The molecule has 0 bridgehead atoms. The van der Waals surface area contributed by atoms with Crippen LogP contribution in [-0.2, 0) is 9.47 Å². The lowest BCUT2D eigenvalue weighted by Crippen LogP contribution is -2.43. The van der Waals surface area contributed by atoms with Gasteiger partial charge in [-0.1, -0.05) is 60.7 Å². The van der Waals surface area contributed by atoms with Crippen molar-refractivity contribution in [2.75, 3.05) is 0 Å². The summed E-state index contributed by atoms with van der Waals surface area (Å²) in [4.78, 5) is 10.0. The minimum Gasteiger partial charge on any atom is -0.471 e. The topological polar surface area (TPSA) is 43.2 Å². The van der Waals surface area contributed by atoms with E-state index in [-0.39, 0.29) is 23.3 Å². The SMILES string of the molecule is c1ccc([C@H]2N=C(CC3=N[C@H](c4ccccc4)C4(CCC4)O3)OC23CCC3)cc1. The van der Waals surface area contributed by atoms with Crippen LogP contribution in [0.2, 0.25) is 0 Å². The van der Waals surface area contributed by atoms with Gasteiger partial charge in [0.05, 0.1) is 6.42 Å². The maximum absolute atomic E-state index is 6.46. The van der Waals surface area contributed by atoms with Crippen LogP contribution >= 0.6 is 0 Å². The van der Waals surface area contributed by atoms with Crippen LogP contribution < -0.4 is 0 Å². The smallest absolute Gasteiger partial charge is 0.194 e. The summed E-state index contributed by atoms with van der Waals surface area (Å²) in [7, 11) is 0. The quantitative estimate of drug-likeness (QED) is 0.690. The molecule has 2 saturated carbocycles. The van der Waals surface area contributed by atoms with Gasteiger partial charge in [-0.3, -0.25) is 0 Å². The van der Waals surface area contributed by atoms with Crippen molar-refractivity contribution in [3.05, 3.63) is 71.8 Å². The Balaban J connectivity index is 1.27. The van der Waals surface area contributed by atoms with Gasteiger partial charge in [-0.15, -0.1) is 0 Å². The van der Waals surface area contributed by atoms with Gasteiger partial charge in [-0.2, -0.15) is 0 Å². The first-order valence-corrected chi connectivity index (χ1v) is 10.9. The molecule has 4 nitrogen and oxygen atoms in total. The van der Waals surface area contributed by atoms with Crippen molar-refractivity contribution in [3.8, 4) is 0 Å². The van der Waals surface area contributed by atoms with Crippen molar-refractivity contribution >= 4 is 11.8 Å². The van der Waals surface area contributed by atoms with E-state index in [4.69, 9.17) is 19.5 Å². The molecular weight excluding hydrogens is 360 g/mol. The van der Waals surface area contributed by atoms with E-state index < -0.39 is 0 Å². The largest absolute Gasteiger partial charge is 0.471 e. The van der Waals surface area contributed by atoms with Crippen LogP contribution in [0.3, 0.4) is 0 Å². The molecule has 2 aromatic carbocycles. The third-order valence-electron chi connectivity index (χ3n) is 7.12. The third-order valence-corrected chi connectivity index (χ3v) is 7.12. The van der Waals surface area contributed by atoms with Crippen LogP contribution in [0.1, 0.15) is 68.2 Å². The predicted octanol–water partition coefficient (Wildman–Crippen LogP) is 5.56. The summed E-state index contributed by atoms with van der Waals surface area (Å²) in [5, 5.41) is 0. The zero-order valence-corrected chi connectivity index (χ0v) is 16.6. The van der Waals surface area contributed by atoms with E-state index in [1.807, 2.05) is 0 Å². The summed E-state index contributed by atoms with van der Waals surface area (Å²) in [5.74, 6) is 1.58. The van der Waals surface area contributed by atoms with Gasteiger partial charge >= 0.3 is 0 Å². The number of benzene rings is 2. The second kappa shape index (κ2) is 6.45. The molecule has 2 heterocycles. The molecule has 0 unspecified atom stereocenters. The first kappa shape index (κ1) is 17.3. The highest BCUT2D eigenvalue weighted by Gasteiger charge is 2.54. The minimum atomic E-state index is -0.150. The summed E-state index contributed by atoms with van der Waals surface area (Å²) in [6, 6.07) is 21.3. The fourth-order valence-corrected chi connectivity index (χ4v) is 5.28. The molecular formula is C25H26N2O2. The van der Waals surface area contributed by atoms with Crippen molar-refractivity contribution in [3.63, 3.8) is 0 Å². The molecule has 2 atom stereocenters. The van der Waals surface area contributed by atoms with E-state index >= 15 is 0 Å². The lowest BCUT2D eigenvalue weighted by molar-refractivity contribution is -0.0261. The van der Waals surface area contributed by atoms with Crippen molar-refractivity contribution in [1.82, 2.24) is 0 Å². The third kappa shape index (κ3) is 2.72. The van der Waals surface area contributed by atoms with E-state index in [0.29, 0.717) is 6.42 Å². The van der Waals surface area contributed by atoms with Gasteiger partial charge in [-0.05, 0) is 49.7 Å². The molecule has 2 spiro atoms. The molecule has 4 heteroatoms. The van der Waals surface area contributed by atoms with Crippen LogP contribution in [0, 0.1) is 0 Å². The summed E-state index contributed by atoms with van der Waals surface area (Å²) in [6.07, 6.45) is 7.28. The van der Waals surface area contributed by atoms with Crippen LogP contribution in [0.15, 0.2) is 70.6 Å². The van der Waals surface area contributed by atoms with Crippen LogP contribution in [0.25, 0.3) is 0 Å². The first-order valence-electron chi connectivity index (χ1n) is 10.9. The summed E-state index contributed by atoms with van der Waals surface area (Å²) < 4.78 is 12.9. The molecule has 2 aliphatic heterocycles. The molecule has 0 N–H and O–H groups in total. The van der Waals surface area contributed by atoms with Gasteiger partial charge < -0.3 is 9.47 Å². The minimum absolute atomic E-state index is 0.0945. The van der Waals surface area contributed by atoms with Gasteiger partial charge in [0, 0.05) is 0 Å². The van der Waals surface area contributed by atoms with Gasteiger partial charge in [0.25, 0.3) is 0 Å². The molecule has 0 amide bonds. The Labute approximate surface area is 171 Å². The molecule has 29 heavy (non-hydrogen) atoms. The highest BCUT2D eigenvalue weighted by molar-refractivity contribution is 5.99. The van der Waals surface area contributed by atoms with Crippen molar-refractivity contribution < 1.29 is 9.47 Å². The summed E-state index contributed by atoms with van der Waals surface area (Å²) in [6.45, 7) is 0. The van der Waals surface area contributed by atoms with Crippen molar-refractivity contribution in [1.29, 1.82) is 0 Å². The number of hydrogen-bond donors (Lipinski definition) is 0. The molecule has 0 aromatic heterocycles. The van der Waals surface area contributed by atoms with Crippen molar-refractivity contribution in [2.45, 2.75) is 68.2 Å². The summed E-state index contributed by atoms with van der Waals surface area (Å²) in [5.41, 5.74) is 2.19. The normalized spacial score (nSPS) is 28.1. The molecule has 0 saturated heterocycles. The summed E-state index contributed by atoms with van der Waals surface area (Å²) >= 11 is 0. The lowest BCUT2D eigenvalue weighted by atomic mass is 9.73. The van der Waals surface area contributed by atoms with Gasteiger partial charge in [0.1, 0.15) is 23.3 Å². The Morgan fingerprint density at radius 2 is 1.07 bits per heavy atom. The molecule has 148 valence electrons. The van der Waals surface area contributed by atoms with Crippen LogP contribution in [-0.4, -0.2) is 23.0 Å². The number of ether oxygens (including phenoxy) is 2. The standard InChI is InChI=1S/C25H26N2O2/c1-3-9-18(10-4-1)22-24(13-7-14-24)28-20(26-22)17-21-27-23(19-11-5-2-6-12-19)25(29-21)15-8-16-25/h1-6,9-12,22-23H,7-8,13-17H2/t22-,23-/m1/s1. The van der Waals surface area contributed by atoms with Gasteiger partial charge in [0.2, 0.25) is 0 Å². The molecule has 4 aliphatic rings. The average Bonchev–Trinajstić information content (AvgIpc) is 3.29. The van der Waals surface area contributed by atoms with Crippen LogP contribution in [0.4, 0.5) is 0 Å². The Kier molecular flexibility index (Phi) is 3.84. The fraction of sp³-hybridized carbons (Fsp3) is 0.440. The molecule has 6 rings (SSSR count). The average molecular weight is 386 g/mol. The van der Waals surface area contributed by atoms with Gasteiger partial charge in [-0.25, -0.2) is 9.98 Å². The first-order chi connectivity index (χ1) is 14.3. The number of aliphatic imine (C=N–C) groups is 2. The predicted molar refractivity (Wildman–Crippen MR) is 113 cm³/mol. The van der Waals surface area contributed by atoms with E-state index in [1.165, 1.54) is 24.0 Å². The van der Waals surface area contributed by atoms with E-state index in [0.717, 1.165) is 37.5 Å². The maximum Gasteiger partial charge on any atom is 0.194 e. The Hall–Kier alpha value is -2.62. The van der Waals surface area contributed by atoms with E-state index in [9.17, 15) is 0 Å². The number of hydrogen-bond acceptors (Lipinski definition) is 4. The van der Waals surface area contributed by atoms with E-state index in [2.05, 4.69) is 60.7 Å². The molecule has 0 radical (unpaired) electrons. The molecule has 2 aliphatic carbocycles. The fourth-order valence-electron chi connectivity index (χ4n) is 5.28. The Morgan fingerprint density at radius 3 is 1.41 bits per heavy atom. The lowest BCUT2D eigenvalue weighted by Gasteiger charge is -2.41. The van der Waals surface area contributed by atoms with Crippen LogP contribution in [0.5, 0.6) is 0 Å². The zero-order chi connectivity index (χ0) is 19.3. The number of nitrogens with zero attached hydrogens (tertiary/aromatic N) is 2. The Morgan fingerprint density at radius 1 is 0.655 bits per heavy atom. The maximum atomic E-state index is 6.46. The number of rotatable bonds is 4. The highest BCUT2D eigenvalue weighted by Crippen LogP contribution is 2.53. The second-order valence-electron chi connectivity index (χ2n) is 8.89. The Bertz CT molecular complexity index is 879. The highest BCUT2D eigenvalue weighted by atomic mass is 16.5. The molecule has 2 aromatic rings. The second-order valence-corrected chi connectivity index (χ2v) is 8.89. The molecule has 2 fully saturated rings. The monoisotopic (exact) mass is 386 g/mol. The zero-order valence-electron chi connectivity index (χ0n) is 16.6. The van der Waals surface area contributed by atoms with Crippen molar-refractivity contribution in [2.24, 2.45) is 9.98 Å². The van der Waals surface area contributed by atoms with E-state index in [1.54, 1.807) is 0 Å².